The zero-order valence-corrected chi connectivity index (χ0v) is 17.9. The topological polar surface area (TPSA) is 93.1 Å². The Bertz CT molecular complexity index is 1370. The van der Waals surface area contributed by atoms with Gasteiger partial charge < -0.3 is 9.15 Å². The first kappa shape index (κ1) is 22.9. The van der Waals surface area contributed by atoms with Crippen LogP contribution < -0.4 is 10.1 Å². The fourth-order valence-electron chi connectivity index (χ4n) is 3.02. The van der Waals surface area contributed by atoms with E-state index >= 15 is 0 Å². The standard InChI is InChI=1S/C23H14ClF3N4O3/c24-16-8-4-5-9-17(16)31-21(11-19(30-31)23(25,26)27)33-13-20(32)29-22-15(12-28)10-18(34-22)14-6-2-1-3-7-14/h1-11H,13H2,(H,29,32). The second-order valence-electron chi connectivity index (χ2n) is 6.90. The molecule has 0 unspecified atom stereocenters. The number of ether oxygens (including phenoxy) is 1. The summed E-state index contributed by atoms with van der Waals surface area (Å²) in [4.78, 5) is 12.4. The number of nitrogens with zero attached hydrogens (tertiary/aromatic N) is 3. The molecule has 2 aromatic heterocycles. The Morgan fingerprint density at radius 2 is 1.85 bits per heavy atom. The summed E-state index contributed by atoms with van der Waals surface area (Å²) in [5.41, 5.74) is -0.305. The first-order valence-electron chi connectivity index (χ1n) is 9.70. The lowest BCUT2D eigenvalue weighted by atomic mass is 10.1. The van der Waals surface area contributed by atoms with Crippen molar-refractivity contribution in [2.24, 2.45) is 0 Å². The minimum atomic E-state index is -4.74. The Morgan fingerprint density at radius 3 is 2.53 bits per heavy atom. The maximum absolute atomic E-state index is 13.2. The van der Waals surface area contributed by atoms with Gasteiger partial charge in [-0.2, -0.15) is 28.2 Å². The average molecular weight is 487 g/mol. The molecule has 0 saturated heterocycles. The minimum Gasteiger partial charge on any atom is -0.467 e. The molecule has 2 heterocycles. The Morgan fingerprint density at radius 1 is 1.15 bits per heavy atom. The Kier molecular flexibility index (Phi) is 6.30. The predicted octanol–water partition coefficient (Wildman–Crippen LogP) is 5.69. The summed E-state index contributed by atoms with van der Waals surface area (Å²) in [7, 11) is 0. The molecular weight excluding hydrogens is 473 g/mol. The highest BCUT2D eigenvalue weighted by molar-refractivity contribution is 6.32. The fraction of sp³-hybridized carbons (Fsp3) is 0.0870. The molecule has 0 bridgehead atoms. The van der Waals surface area contributed by atoms with Gasteiger partial charge in [0.15, 0.2) is 12.3 Å². The summed E-state index contributed by atoms with van der Waals surface area (Å²) in [6.07, 6.45) is -4.74. The van der Waals surface area contributed by atoms with E-state index in [2.05, 4.69) is 10.4 Å². The molecule has 0 fully saturated rings. The summed E-state index contributed by atoms with van der Waals surface area (Å²) in [5.74, 6) is -0.850. The Balaban J connectivity index is 1.54. The van der Waals surface area contributed by atoms with Crippen LogP contribution in [-0.2, 0) is 11.0 Å². The molecule has 0 aliphatic heterocycles. The van der Waals surface area contributed by atoms with Crippen LogP contribution in [0.2, 0.25) is 5.02 Å². The van der Waals surface area contributed by atoms with Crippen LogP contribution in [0, 0.1) is 11.3 Å². The third-order valence-corrected chi connectivity index (χ3v) is 4.88. The number of halogens is 4. The van der Waals surface area contributed by atoms with Gasteiger partial charge in [-0.05, 0) is 12.1 Å². The van der Waals surface area contributed by atoms with Gasteiger partial charge in [0.25, 0.3) is 5.91 Å². The summed E-state index contributed by atoms with van der Waals surface area (Å²) >= 11 is 6.09. The van der Waals surface area contributed by atoms with Crippen LogP contribution in [0.25, 0.3) is 17.0 Å². The van der Waals surface area contributed by atoms with Crippen LogP contribution in [0.4, 0.5) is 19.1 Å². The van der Waals surface area contributed by atoms with E-state index in [1.165, 1.54) is 18.2 Å². The number of hydrogen-bond acceptors (Lipinski definition) is 5. The van der Waals surface area contributed by atoms with Crippen molar-refractivity contribution in [3.63, 3.8) is 0 Å². The lowest BCUT2D eigenvalue weighted by Crippen LogP contribution is -2.21. The second-order valence-corrected chi connectivity index (χ2v) is 7.30. The van der Waals surface area contributed by atoms with Crippen LogP contribution in [0.5, 0.6) is 5.88 Å². The number of carbonyl (C=O) groups is 1. The highest BCUT2D eigenvalue weighted by atomic mass is 35.5. The number of anilines is 1. The number of para-hydroxylation sites is 1. The smallest absolute Gasteiger partial charge is 0.435 e. The van der Waals surface area contributed by atoms with Crippen molar-refractivity contribution < 1.29 is 27.1 Å². The maximum atomic E-state index is 13.2. The number of amides is 1. The maximum Gasteiger partial charge on any atom is 0.435 e. The van der Waals surface area contributed by atoms with Gasteiger partial charge in [0.05, 0.1) is 10.7 Å². The monoisotopic (exact) mass is 486 g/mol. The summed E-state index contributed by atoms with van der Waals surface area (Å²) < 4.78 is 51.4. The number of furan rings is 1. The van der Waals surface area contributed by atoms with Crippen molar-refractivity contribution >= 4 is 23.4 Å². The number of hydrogen-bond donors (Lipinski definition) is 1. The van der Waals surface area contributed by atoms with E-state index < -0.39 is 24.4 Å². The largest absolute Gasteiger partial charge is 0.467 e. The second kappa shape index (κ2) is 9.33. The van der Waals surface area contributed by atoms with E-state index in [-0.39, 0.29) is 28.0 Å². The van der Waals surface area contributed by atoms with E-state index in [1.807, 2.05) is 12.1 Å². The quantitative estimate of drug-likeness (QED) is 0.377. The third-order valence-electron chi connectivity index (χ3n) is 4.56. The molecule has 0 saturated carbocycles. The molecule has 7 nitrogen and oxygen atoms in total. The molecule has 0 aliphatic carbocycles. The van der Waals surface area contributed by atoms with Crippen LogP contribution in [0.3, 0.4) is 0 Å². The van der Waals surface area contributed by atoms with Gasteiger partial charge in [-0.1, -0.05) is 54.1 Å². The first-order valence-corrected chi connectivity index (χ1v) is 10.1. The van der Waals surface area contributed by atoms with Crippen molar-refractivity contribution in [2.75, 3.05) is 11.9 Å². The van der Waals surface area contributed by atoms with Gasteiger partial charge in [-0.3, -0.25) is 10.1 Å². The SMILES string of the molecule is N#Cc1cc(-c2ccccc2)oc1NC(=O)COc1cc(C(F)(F)F)nn1-c1ccccc1Cl. The van der Waals surface area contributed by atoms with Crippen LogP contribution in [0.15, 0.2) is 71.1 Å². The third kappa shape index (κ3) is 4.89. The summed E-state index contributed by atoms with van der Waals surface area (Å²) in [5, 5.41) is 15.4. The molecule has 11 heteroatoms. The van der Waals surface area contributed by atoms with Crippen LogP contribution in [-0.4, -0.2) is 22.3 Å². The molecule has 34 heavy (non-hydrogen) atoms. The zero-order valence-electron chi connectivity index (χ0n) is 17.1. The first-order chi connectivity index (χ1) is 16.3. The molecule has 0 spiro atoms. The van der Waals surface area contributed by atoms with E-state index in [0.29, 0.717) is 17.4 Å². The van der Waals surface area contributed by atoms with E-state index in [9.17, 15) is 23.2 Å². The van der Waals surface area contributed by atoms with Gasteiger partial charge in [0, 0.05) is 17.7 Å². The number of aromatic nitrogens is 2. The molecule has 4 rings (SSSR count). The van der Waals surface area contributed by atoms with Crippen molar-refractivity contribution in [1.82, 2.24) is 9.78 Å². The molecule has 1 N–H and O–H groups in total. The van der Waals surface area contributed by atoms with E-state index in [0.717, 1.165) is 4.68 Å². The molecular formula is C23H14ClF3N4O3. The van der Waals surface area contributed by atoms with Crippen LogP contribution in [0.1, 0.15) is 11.3 Å². The van der Waals surface area contributed by atoms with Crippen molar-refractivity contribution in [2.45, 2.75) is 6.18 Å². The van der Waals surface area contributed by atoms with Gasteiger partial charge in [0.2, 0.25) is 11.8 Å². The minimum absolute atomic E-state index is 0.0765. The molecule has 4 aromatic rings. The lowest BCUT2D eigenvalue weighted by Gasteiger charge is -2.10. The van der Waals surface area contributed by atoms with Gasteiger partial charge >= 0.3 is 6.18 Å². The fourth-order valence-corrected chi connectivity index (χ4v) is 3.23. The molecule has 0 atom stereocenters. The number of nitriles is 1. The number of nitrogens with one attached hydrogen (secondary N) is 1. The lowest BCUT2D eigenvalue weighted by molar-refractivity contribution is -0.141. The van der Waals surface area contributed by atoms with Crippen molar-refractivity contribution in [3.05, 3.63) is 83.0 Å². The molecule has 1 amide bonds. The average Bonchev–Trinajstić information content (AvgIpc) is 3.43. The number of rotatable bonds is 6. The number of carbonyl (C=O) groups excluding carboxylic acids is 1. The van der Waals surface area contributed by atoms with Crippen molar-refractivity contribution in [3.8, 4) is 29.0 Å². The highest BCUT2D eigenvalue weighted by Crippen LogP contribution is 2.34. The molecule has 2 aromatic carbocycles. The summed E-state index contributed by atoms with van der Waals surface area (Å²) in [6, 6.07) is 19.1. The van der Waals surface area contributed by atoms with E-state index in [4.69, 9.17) is 20.8 Å². The van der Waals surface area contributed by atoms with Gasteiger partial charge in [-0.25, -0.2) is 0 Å². The van der Waals surface area contributed by atoms with Crippen LogP contribution >= 0.6 is 11.6 Å². The predicted molar refractivity (Wildman–Crippen MR) is 117 cm³/mol. The van der Waals surface area contributed by atoms with Gasteiger partial charge in [0.1, 0.15) is 17.4 Å². The number of benzene rings is 2. The molecule has 0 aliphatic rings. The van der Waals surface area contributed by atoms with E-state index in [1.54, 1.807) is 36.4 Å². The Labute approximate surface area is 195 Å². The molecule has 172 valence electrons. The normalized spacial score (nSPS) is 11.1. The number of alkyl halides is 3. The van der Waals surface area contributed by atoms with Crippen molar-refractivity contribution in [1.29, 1.82) is 5.26 Å². The van der Waals surface area contributed by atoms with Gasteiger partial charge in [-0.15, -0.1) is 0 Å². The highest BCUT2D eigenvalue weighted by Gasteiger charge is 2.36. The summed E-state index contributed by atoms with van der Waals surface area (Å²) in [6.45, 7) is -0.681. The Hall–Kier alpha value is -4.23. The zero-order chi connectivity index (χ0) is 24.3. The molecule has 0 radical (unpaired) electrons.